The van der Waals surface area contributed by atoms with Crippen LogP contribution in [0.15, 0.2) is 110 Å². The van der Waals surface area contributed by atoms with Crippen molar-refractivity contribution in [3.63, 3.8) is 0 Å². The number of rotatable bonds is 8. The van der Waals surface area contributed by atoms with Gasteiger partial charge in [-0.05, 0) is 90.7 Å². The van der Waals surface area contributed by atoms with Crippen molar-refractivity contribution < 1.29 is 9.53 Å². The molecule has 202 valence electrons. The minimum Gasteiger partial charge on any atom is -0.486 e. The van der Waals surface area contributed by atoms with Crippen LogP contribution in [0.1, 0.15) is 22.3 Å². The summed E-state index contributed by atoms with van der Waals surface area (Å²) in [6, 6.07) is 29.1. The Morgan fingerprint density at radius 1 is 0.875 bits per heavy atom. The summed E-state index contributed by atoms with van der Waals surface area (Å²) in [5.74, 6) is 0.556. The van der Waals surface area contributed by atoms with E-state index < -0.39 is 0 Å². The third-order valence-electron chi connectivity index (χ3n) is 6.02. The van der Waals surface area contributed by atoms with Gasteiger partial charge in [0.1, 0.15) is 12.4 Å². The van der Waals surface area contributed by atoms with Crippen LogP contribution in [0.25, 0.3) is 6.08 Å². The largest absolute Gasteiger partial charge is 0.486 e. The van der Waals surface area contributed by atoms with Gasteiger partial charge in [0.25, 0.3) is 5.91 Å². The number of carbonyl (C=O) groups is 1. The van der Waals surface area contributed by atoms with E-state index in [1.165, 1.54) is 11.8 Å². The molecule has 1 amide bonds. The molecule has 1 aliphatic heterocycles. The maximum atomic E-state index is 13.6. The van der Waals surface area contributed by atoms with Crippen molar-refractivity contribution in [3.8, 4) is 5.75 Å². The van der Waals surface area contributed by atoms with Crippen molar-refractivity contribution in [1.82, 2.24) is 4.90 Å². The van der Waals surface area contributed by atoms with Crippen molar-refractivity contribution in [2.75, 3.05) is 0 Å². The predicted octanol–water partition coefficient (Wildman–Crippen LogP) is 9.77. The molecule has 0 atom stereocenters. The van der Waals surface area contributed by atoms with Gasteiger partial charge in [0.05, 0.1) is 26.9 Å². The molecule has 1 saturated heterocycles. The number of amidine groups is 1. The number of thioether (sulfide) groups is 1. The molecule has 9 heteroatoms. The Balaban J connectivity index is 1.38. The van der Waals surface area contributed by atoms with Gasteiger partial charge in [-0.2, -0.15) is 0 Å². The number of nitrogens with zero attached hydrogens (tertiary/aromatic N) is 2. The zero-order chi connectivity index (χ0) is 28.1. The highest BCUT2D eigenvalue weighted by molar-refractivity contribution is 9.11. The molecule has 5 rings (SSSR count). The second-order valence-corrected chi connectivity index (χ2v) is 12.5. The van der Waals surface area contributed by atoms with Gasteiger partial charge in [-0.3, -0.25) is 14.7 Å². The first-order valence-electron chi connectivity index (χ1n) is 12.3. The molecule has 0 aliphatic carbocycles. The lowest BCUT2D eigenvalue weighted by Gasteiger charge is -2.15. The zero-order valence-corrected chi connectivity index (χ0v) is 26.5. The van der Waals surface area contributed by atoms with E-state index in [-0.39, 0.29) is 12.5 Å². The van der Waals surface area contributed by atoms with Crippen molar-refractivity contribution in [3.05, 3.63) is 137 Å². The minimum absolute atomic E-state index is 0.0781. The van der Waals surface area contributed by atoms with E-state index in [0.29, 0.717) is 39.0 Å². The molecule has 4 aromatic carbocycles. The van der Waals surface area contributed by atoms with E-state index in [1.54, 1.807) is 17.0 Å². The summed E-state index contributed by atoms with van der Waals surface area (Å²) in [5, 5.41) is 1.80. The standard InChI is InChI=1S/C31H22Br2Cl2N2O2S/c32-25-13-22(14-26(33)29(25)39-19-23-11-12-24(34)16-27(23)35)15-28-30(38)37(18-21-9-5-2-6-10-21)31(40-28)36-17-20-7-3-1-4-8-20/h1-16H,17-19H2/b28-15+,36-31?. The van der Waals surface area contributed by atoms with Gasteiger partial charge < -0.3 is 4.74 Å². The maximum Gasteiger partial charge on any atom is 0.267 e. The number of halogens is 4. The molecule has 0 spiro atoms. The van der Waals surface area contributed by atoms with Crippen LogP contribution in [0, 0.1) is 0 Å². The molecule has 0 radical (unpaired) electrons. The first kappa shape index (κ1) is 29.0. The summed E-state index contributed by atoms with van der Waals surface area (Å²) >= 11 is 20.9. The Morgan fingerprint density at radius 2 is 1.52 bits per heavy atom. The first-order valence-corrected chi connectivity index (χ1v) is 15.4. The van der Waals surface area contributed by atoms with Crippen LogP contribution in [0.2, 0.25) is 10.0 Å². The molecule has 0 unspecified atom stereocenters. The number of benzene rings is 4. The van der Waals surface area contributed by atoms with Crippen LogP contribution < -0.4 is 4.74 Å². The quantitative estimate of drug-likeness (QED) is 0.171. The van der Waals surface area contributed by atoms with Crippen LogP contribution >= 0.6 is 66.8 Å². The summed E-state index contributed by atoms with van der Waals surface area (Å²) in [6.45, 7) is 1.22. The number of hydrogen-bond donors (Lipinski definition) is 0. The van der Waals surface area contributed by atoms with Gasteiger partial charge in [-0.15, -0.1) is 0 Å². The second-order valence-electron chi connectivity index (χ2n) is 8.91. The highest BCUT2D eigenvalue weighted by Gasteiger charge is 2.33. The number of ether oxygens (including phenoxy) is 1. The fraction of sp³-hybridized carbons (Fsp3) is 0.0968. The predicted molar refractivity (Wildman–Crippen MR) is 173 cm³/mol. The summed E-state index contributed by atoms with van der Waals surface area (Å²) in [4.78, 5) is 20.7. The second kappa shape index (κ2) is 13.4. The normalized spacial score (nSPS) is 15.3. The number of hydrogen-bond acceptors (Lipinski definition) is 4. The molecule has 4 nitrogen and oxygen atoms in total. The van der Waals surface area contributed by atoms with Crippen molar-refractivity contribution in [1.29, 1.82) is 0 Å². The third-order valence-corrected chi connectivity index (χ3v) is 8.83. The molecule has 0 bridgehead atoms. The number of amides is 1. The smallest absolute Gasteiger partial charge is 0.267 e. The minimum atomic E-state index is -0.0781. The molecule has 0 N–H and O–H groups in total. The van der Waals surface area contributed by atoms with Crippen LogP contribution in [0.4, 0.5) is 0 Å². The first-order chi connectivity index (χ1) is 19.4. The zero-order valence-electron chi connectivity index (χ0n) is 21.0. The molecule has 1 fully saturated rings. The topological polar surface area (TPSA) is 41.9 Å². The molecule has 0 aromatic heterocycles. The lowest BCUT2D eigenvalue weighted by molar-refractivity contribution is -0.122. The average molecular weight is 717 g/mol. The Labute approximate surface area is 264 Å². The number of carbonyl (C=O) groups excluding carboxylic acids is 1. The summed E-state index contributed by atoms with van der Waals surface area (Å²) in [6.07, 6.45) is 1.88. The van der Waals surface area contributed by atoms with Crippen molar-refractivity contribution >= 4 is 84.0 Å². The Bertz CT molecular complexity index is 1570. The molecule has 4 aromatic rings. The molecular weight excluding hydrogens is 695 g/mol. The highest BCUT2D eigenvalue weighted by Crippen LogP contribution is 2.39. The van der Waals surface area contributed by atoms with Gasteiger partial charge in [-0.25, -0.2) is 0 Å². The van der Waals surface area contributed by atoms with Gasteiger partial charge >= 0.3 is 0 Å². The molecular formula is C31H22Br2Cl2N2O2S. The average Bonchev–Trinajstić information content (AvgIpc) is 3.22. The Kier molecular flexibility index (Phi) is 9.71. The third kappa shape index (κ3) is 7.20. The number of aliphatic imine (C=N–C) groups is 1. The molecule has 40 heavy (non-hydrogen) atoms. The van der Waals surface area contributed by atoms with Crippen LogP contribution in [0.5, 0.6) is 5.75 Å². The van der Waals surface area contributed by atoms with Crippen molar-refractivity contribution in [2.45, 2.75) is 19.7 Å². The van der Waals surface area contributed by atoms with Gasteiger partial charge in [0, 0.05) is 15.6 Å². The maximum absolute atomic E-state index is 13.6. The van der Waals surface area contributed by atoms with E-state index in [1.807, 2.05) is 84.9 Å². The SMILES string of the molecule is O=C1/C(=C\c2cc(Br)c(OCc3ccc(Cl)cc3Cl)c(Br)c2)SC(=NCc2ccccc2)N1Cc1ccccc1. The van der Waals surface area contributed by atoms with Crippen LogP contribution in [-0.4, -0.2) is 16.0 Å². The van der Waals surface area contributed by atoms with E-state index in [0.717, 1.165) is 31.2 Å². The Morgan fingerprint density at radius 3 is 2.17 bits per heavy atom. The molecule has 1 aliphatic rings. The lowest BCUT2D eigenvalue weighted by Crippen LogP contribution is -2.28. The summed E-state index contributed by atoms with van der Waals surface area (Å²) < 4.78 is 7.54. The monoisotopic (exact) mass is 714 g/mol. The van der Waals surface area contributed by atoms with E-state index in [2.05, 4.69) is 31.9 Å². The fourth-order valence-corrected chi connectivity index (χ4v) is 6.90. The Hall–Kier alpha value is -2.55. The van der Waals surface area contributed by atoms with E-state index >= 15 is 0 Å². The van der Waals surface area contributed by atoms with Gasteiger partial charge in [0.15, 0.2) is 5.17 Å². The fourth-order valence-electron chi connectivity index (χ4n) is 4.01. The van der Waals surface area contributed by atoms with Gasteiger partial charge in [0.2, 0.25) is 0 Å². The van der Waals surface area contributed by atoms with Crippen molar-refractivity contribution in [2.24, 2.45) is 4.99 Å². The van der Waals surface area contributed by atoms with Crippen LogP contribution in [0.3, 0.4) is 0 Å². The highest BCUT2D eigenvalue weighted by atomic mass is 79.9. The molecule has 0 saturated carbocycles. The van der Waals surface area contributed by atoms with Gasteiger partial charge in [-0.1, -0.05) is 89.9 Å². The molecule has 1 heterocycles. The van der Waals surface area contributed by atoms with E-state index in [9.17, 15) is 4.79 Å². The summed E-state index contributed by atoms with van der Waals surface area (Å²) in [5.41, 5.74) is 3.79. The lowest BCUT2D eigenvalue weighted by atomic mass is 10.2. The van der Waals surface area contributed by atoms with E-state index in [4.69, 9.17) is 32.9 Å². The summed E-state index contributed by atoms with van der Waals surface area (Å²) in [7, 11) is 0. The van der Waals surface area contributed by atoms with Crippen LogP contribution in [-0.2, 0) is 24.5 Å².